The molecule has 1 amide bonds. The lowest BCUT2D eigenvalue weighted by Gasteiger charge is -2.28. The van der Waals surface area contributed by atoms with Gasteiger partial charge in [0.25, 0.3) is 0 Å². The van der Waals surface area contributed by atoms with Crippen molar-refractivity contribution in [1.82, 2.24) is 15.4 Å². The van der Waals surface area contributed by atoms with Crippen molar-refractivity contribution in [1.29, 1.82) is 0 Å². The first kappa shape index (κ1) is 21.2. The summed E-state index contributed by atoms with van der Waals surface area (Å²) in [6.07, 6.45) is 5.26. The Balaban J connectivity index is 0.00000243. The van der Waals surface area contributed by atoms with Crippen LogP contribution in [0.3, 0.4) is 0 Å². The molecule has 2 fully saturated rings. The first-order valence-corrected chi connectivity index (χ1v) is 10.6. The van der Waals surface area contributed by atoms with E-state index in [-0.39, 0.29) is 23.2 Å². The van der Waals surface area contributed by atoms with E-state index in [0.717, 1.165) is 18.4 Å². The van der Waals surface area contributed by atoms with Gasteiger partial charge in [0.1, 0.15) is 0 Å². The van der Waals surface area contributed by atoms with Gasteiger partial charge in [-0.3, -0.25) is 4.79 Å². The number of halogens is 1. The average molecular weight is 402 g/mol. The van der Waals surface area contributed by atoms with Gasteiger partial charge in [-0.2, -0.15) is 0 Å². The van der Waals surface area contributed by atoms with Crippen LogP contribution in [0, 0.1) is 5.92 Å². The fourth-order valence-electron chi connectivity index (χ4n) is 3.94. The van der Waals surface area contributed by atoms with Crippen LogP contribution in [-0.4, -0.2) is 33.0 Å². The molecule has 26 heavy (non-hydrogen) atoms. The molecule has 2 atom stereocenters. The molecule has 8 heteroatoms. The van der Waals surface area contributed by atoms with Gasteiger partial charge in [-0.05, 0) is 49.3 Å². The SMILES string of the molecule is CCNS(=O)(=O)c1ccc(CNC(=O)CC2CC3CCC(C2)N3)cc1.Cl. The van der Waals surface area contributed by atoms with Crippen LogP contribution in [0.4, 0.5) is 0 Å². The van der Waals surface area contributed by atoms with Crippen molar-refractivity contribution < 1.29 is 13.2 Å². The number of carbonyl (C=O) groups is 1. The van der Waals surface area contributed by atoms with Gasteiger partial charge >= 0.3 is 0 Å². The smallest absolute Gasteiger partial charge is 0.240 e. The Morgan fingerprint density at radius 2 is 1.77 bits per heavy atom. The zero-order chi connectivity index (χ0) is 17.9. The van der Waals surface area contributed by atoms with Crippen molar-refractivity contribution in [2.45, 2.75) is 62.6 Å². The van der Waals surface area contributed by atoms with E-state index in [1.165, 1.54) is 12.8 Å². The highest BCUT2D eigenvalue weighted by molar-refractivity contribution is 7.89. The van der Waals surface area contributed by atoms with Gasteiger partial charge in [-0.15, -0.1) is 12.4 Å². The first-order valence-electron chi connectivity index (χ1n) is 9.07. The highest BCUT2D eigenvalue weighted by atomic mass is 35.5. The third kappa shape index (κ3) is 5.42. The summed E-state index contributed by atoms with van der Waals surface area (Å²) >= 11 is 0. The maximum Gasteiger partial charge on any atom is 0.240 e. The average Bonchev–Trinajstić information content (AvgIpc) is 2.92. The summed E-state index contributed by atoms with van der Waals surface area (Å²) in [6, 6.07) is 7.84. The number of fused-ring (bicyclic) bond motifs is 2. The van der Waals surface area contributed by atoms with Gasteiger partial charge < -0.3 is 10.6 Å². The second-order valence-electron chi connectivity index (χ2n) is 7.10. The lowest BCUT2D eigenvalue weighted by Crippen LogP contribution is -2.39. The van der Waals surface area contributed by atoms with Crippen molar-refractivity contribution in [2.75, 3.05) is 6.54 Å². The van der Waals surface area contributed by atoms with E-state index in [9.17, 15) is 13.2 Å². The Morgan fingerprint density at radius 3 is 2.35 bits per heavy atom. The summed E-state index contributed by atoms with van der Waals surface area (Å²) in [4.78, 5) is 12.4. The van der Waals surface area contributed by atoms with Gasteiger partial charge in [0, 0.05) is 31.6 Å². The summed E-state index contributed by atoms with van der Waals surface area (Å²) in [7, 11) is -3.43. The molecule has 2 unspecified atom stereocenters. The predicted molar refractivity (Wildman–Crippen MR) is 104 cm³/mol. The summed E-state index contributed by atoms with van der Waals surface area (Å²) < 4.78 is 26.3. The summed E-state index contributed by atoms with van der Waals surface area (Å²) in [5.41, 5.74) is 0.897. The minimum absolute atomic E-state index is 0. The number of piperidine rings is 1. The molecule has 2 bridgehead atoms. The highest BCUT2D eigenvalue weighted by Gasteiger charge is 2.34. The van der Waals surface area contributed by atoms with Crippen LogP contribution < -0.4 is 15.4 Å². The molecule has 2 saturated heterocycles. The number of hydrogen-bond donors (Lipinski definition) is 3. The van der Waals surface area contributed by atoms with Crippen LogP contribution in [0.2, 0.25) is 0 Å². The van der Waals surface area contributed by atoms with Crippen molar-refractivity contribution in [2.24, 2.45) is 5.92 Å². The van der Waals surface area contributed by atoms with Crippen LogP contribution in [0.5, 0.6) is 0 Å². The first-order chi connectivity index (χ1) is 12.0. The van der Waals surface area contributed by atoms with E-state index in [0.29, 0.717) is 37.5 Å². The molecule has 2 heterocycles. The van der Waals surface area contributed by atoms with E-state index in [1.807, 2.05) is 0 Å². The summed E-state index contributed by atoms with van der Waals surface area (Å²) in [5, 5.41) is 6.55. The maximum absolute atomic E-state index is 12.2. The molecule has 0 radical (unpaired) electrons. The molecule has 0 saturated carbocycles. The minimum Gasteiger partial charge on any atom is -0.352 e. The number of benzene rings is 1. The van der Waals surface area contributed by atoms with Crippen molar-refractivity contribution in [3.8, 4) is 0 Å². The second-order valence-corrected chi connectivity index (χ2v) is 8.87. The molecule has 3 N–H and O–H groups in total. The molecule has 2 aliphatic rings. The third-order valence-corrected chi connectivity index (χ3v) is 6.66. The van der Waals surface area contributed by atoms with Crippen molar-refractivity contribution in [3.05, 3.63) is 29.8 Å². The monoisotopic (exact) mass is 401 g/mol. The van der Waals surface area contributed by atoms with E-state index >= 15 is 0 Å². The fraction of sp³-hybridized carbons (Fsp3) is 0.611. The quantitative estimate of drug-likeness (QED) is 0.651. The summed E-state index contributed by atoms with van der Waals surface area (Å²) in [5.74, 6) is 0.557. The number of rotatable bonds is 7. The molecular formula is C18H28ClN3O3S. The zero-order valence-corrected chi connectivity index (χ0v) is 16.7. The van der Waals surface area contributed by atoms with Crippen LogP contribution in [0.25, 0.3) is 0 Å². The molecule has 0 aromatic heterocycles. The molecule has 146 valence electrons. The minimum atomic E-state index is -3.43. The number of sulfonamides is 1. The Morgan fingerprint density at radius 1 is 1.15 bits per heavy atom. The predicted octanol–water partition coefficient (Wildman–Crippen LogP) is 1.94. The molecule has 1 aromatic carbocycles. The Kier molecular flexibility index (Phi) is 7.46. The van der Waals surface area contributed by atoms with Gasteiger partial charge in [0.15, 0.2) is 0 Å². The Labute approximate surface area is 162 Å². The summed E-state index contributed by atoms with van der Waals surface area (Å²) in [6.45, 7) is 2.53. The molecule has 3 rings (SSSR count). The third-order valence-electron chi connectivity index (χ3n) is 5.10. The topological polar surface area (TPSA) is 87.3 Å². The highest BCUT2D eigenvalue weighted by Crippen LogP contribution is 2.32. The van der Waals surface area contributed by atoms with Crippen LogP contribution in [0.15, 0.2) is 29.2 Å². The number of hydrogen-bond acceptors (Lipinski definition) is 4. The van der Waals surface area contributed by atoms with E-state index < -0.39 is 10.0 Å². The largest absolute Gasteiger partial charge is 0.352 e. The lowest BCUT2D eigenvalue weighted by molar-refractivity contribution is -0.122. The second kappa shape index (κ2) is 9.17. The molecule has 2 aliphatic heterocycles. The van der Waals surface area contributed by atoms with Crippen molar-refractivity contribution >= 4 is 28.3 Å². The van der Waals surface area contributed by atoms with Gasteiger partial charge in [-0.25, -0.2) is 13.1 Å². The standard InChI is InChI=1S/C18H27N3O3S.ClH/c1-2-20-25(23,24)17-7-3-13(4-8-17)12-19-18(22)11-14-9-15-5-6-16(10-14)21-15;/h3-4,7-8,14-16,20-21H,2,5-6,9-12H2,1H3,(H,19,22);1H. The molecule has 0 spiro atoms. The number of amides is 1. The Bertz CT molecular complexity index is 697. The lowest BCUT2D eigenvalue weighted by atomic mass is 9.89. The zero-order valence-electron chi connectivity index (χ0n) is 15.0. The van der Waals surface area contributed by atoms with Crippen LogP contribution in [0.1, 0.15) is 44.6 Å². The van der Waals surface area contributed by atoms with Crippen molar-refractivity contribution in [3.63, 3.8) is 0 Å². The maximum atomic E-state index is 12.2. The van der Waals surface area contributed by atoms with Crippen LogP contribution >= 0.6 is 12.4 Å². The van der Waals surface area contributed by atoms with Gasteiger partial charge in [0.05, 0.1) is 4.90 Å². The van der Waals surface area contributed by atoms with Gasteiger partial charge in [-0.1, -0.05) is 19.1 Å². The normalized spacial score (nSPS) is 24.7. The number of carbonyl (C=O) groups excluding carboxylic acids is 1. The molecular weight excluding hydrogens is 374 g/mol. The van der Waals surface area contributed by atoms with E-state index in [2.05, 4.69) is 15.4 Å². The van der Waals surface area contributed by atoms with Gasteiger partial charge in [0.2, 0.25) is 15.9 Å². The van der Waals surface area contributed by atoms with E-state index in [4.69, 9.17) is 0 Å². The Hall–Kier alpha value is -1.15. The van der Waals surface area contributed by atoms with Crippen LogP contribution in [-0.2, 0) is 21.4 Å². The molecule has 1 aromatic rings. The molecule has 0 aliphatic carbocycles. The number of nitrogens with one attached hydrogen (secondary N) is 3. The van der Waals surface area contributed by atoms with E-state index in [1.54, 1.807) is 31.2 Å². The molecule has 6 nitrogen and oxygen atoms in total. The fourth-order valence-corrected chi connectivity index (χ4v) is 4.98.